The van der Waals surface area contributed by atoms with E-state index in [0.717, 1.165) is 41.7 Å². The zero-order chi connectivity index (χ0) is 30.2. The monoisotopic (exact) mass is 576 g/mol. The van der Waals surface area contributed by atoms with Crippen molar-refractivity contribution < 1.29 is 28.9 Å². The van der Waals surface area contributed by atoms with E-state index in [-0.39, 0.29) is 25.0 Å². The number of unbranched alkanes of at least 4 members (excludes halogenated alkanes) is 1. The highest BCUT2D eigenvalue weighted by molar-refractivity contribution is 5.94. The SMILES string of the molecule is CCCCO[C@H](Cc1ccc(OCC)c(CNC(=O)c2ccc(OCCC)cc2)c1)C(=O)N[C@@H](CO)c1ccccc1. The fourth-order valence-electron chi connectivity index (χ4n) is 4.39. The minimum Gasteiger partial charge on any atom is -0.494 e. The number of aliphatic hydroxyl groups is 1. The molecule has 3 rings (SSSR count). The highest BCUT2D eigenvalue weighted by atomic mass is 16.5. The van der Waals surface area contributed by atoms with Crippen molar-refractivity contribution >= 4 is 11.8 Å². The van der Waals surface area contributed by atoms with Gasteiger partial charge in [0.15, 0.2) is 0 Å². The molecule has 42 heavy (non-hydrogen) atoms. The summed E-state index contributed by atoms with van der Waals surface area (Å²) in [6.45, 7) is 7.60. The minimum absolute atomic E-state index is 0.207. The highest BCUT2D eigenvalue weighted by Gasteiger charge is 2.24. The van der Waals surface area contributed by atoms with Gasteiger partial charge in [-0.1, -0.05) is 62.7 Å². The third-order valence-electron chi connectivity index (χ3n) is 6.68. The summed E-state index contributed by atoms with van der Waals surface area (Å²) in [6, 6.07) is 21.6. The number of hydrogen-bond donors (Lipinski definition) is 3. The van der Waals surface area contributed by atoms with E-state index in [1.54, 1.807) is 24.3 Å². The number of nitrogens with one attached hydrogen (secondary N) is 2. The van der Waals surface area contributed by atoms with Crippen molar-refractivity contribution in [1.82, 2.24) is 10.6 Å². The van der Waals surface area contributed by atoms with Gasteiger partial charge in [0.05, 0.1) is 25.9 Å². The molecule has 0 heterocycles. The Morgan fingerprint density at radius 1 is 0.881 bits per heavy atom. The van der Waals surface area contributed by atoms with Crippen LogP contribution in [0.1, 0.15) is 73.1 Å². The lowest BCUT2D eigenvalue weighted by atomic mass is 10.0. The summed E-state index contributed by atoms with van der Waals surface area (Å²) >= 11 is 0. The van der Waals surface area contributed by atoms with Crippen LogP contribution < -0.4 is 20.1 Å². The van der Waals surface area contributed by atoms with Gasteiger partial charge in [0.25, 0.3) is 5.91 Å². The molecule has 0 aliphatic carbocycles. The molecule has 3 aromatic carbocycles. The van der Waals surface area contributed by atoms with Gasteiger partial charge >= 0.3 is 0 Å². The van der Waals surface area contributed by atoms with Crippen LogP contribution in [0.3, 0.4) is 0 Å². The molecule has 0 radical (unpaired) electrons. The Labute approximate surface area is 249 Å². The molecule has 3 N–H and O–H groups in total. The Morgan fingerprint density at radius 2 is 1.64 bits per heavy atom. The molecular weight excluding hydrogens is 532 g/mol. The highest BCUT2D eigenvalue weighted by Crippen LogP contribution is 2.23. The molecule has 0 saturated carbocycles. The Hall–Kier alpha value is -3.88. The lowest BCUT2D eigenvalue weighted by molar-refractivity contribution is -0.134. The number of carbonyl (C=O) groups is 2. The number of ether oxygens (including phenoxy) is 3. The average Bonchev–Trinajstić information content (AvgIpc) is 3.02. The van der Waals surface area contributed by atoms with E-state index < -0.39 is 12.1 Å². The largest absolute Gasteiger partial charge is 0.494 e. The van der Waals surface area contributed by atoms with Gasteiger partial charge < -0.3 is 30.0 Å². The van der Waals surface area contributed by atoms with Crippen LogP contribution in [0.15, 0.2) is 72.8 Å². The number of rotatable bonds is 18. The van der Waals surface area contributed by atoms with Crippen molar-refractivity contribution in [3.05, 3.63) is 95.1 Å². The van der Waals surface area contributed by atoms with Crippen LogP contribution in [0.4, 0.5) is 0 Å². The lowest BCUT2D eigenvalue weighted by Crippen LogP contribution is -2.41. The van der Waals surface area contributed by atoms with E-state index in [9.17, 15) is 14.7 Å². The number of hydrogen-bond acceptors (Lipinski definition) is 6. The molecule has 0 aliphatic heterocycles. The molecule has 0 aliphatic rings. The fraction of sp³-hybridized carbons (Fsp3) is 0.412. The maximum Gasteiger partial charge on any atom is 0.251 e. The van der Waals surface area contributed by atoms with Crippen molar-refractivity contribution in [2.45, 2.75) is 65.1 Å². The first-order chi connectivity index (χ1) is 20.5. The predicted octanol–water partition coefficient (Wildman–Crippen LogP) is 5.38. The first kappa shape index (κ1) is 32.6. The second kappa shape index (κ2) is 17.8. The zero-order valence-corrected chi connectivity index (χ0v) is 24.9. The molecule has 0 aromatic heterocycles. The van der Waals surface area contributed by atoms with Crippen molar-refractivity contribution in [2.75, 3.05) is 26.4 Å². The van der Waals surface area contributed by atoms with Crippen LogP contribution >= 0.6 is 0 Å². The predicted molar refractivity (Wildman–Crippen MR) is 164 cm³/mol. The van der Waals surface area contributed by atoms with E-state index in [2.05, 4.69) is 17.6 Å². The molecule has 2 amide bonds. The summed E-state index contributed by atoms with van der Waals surface area (Å²) in [5.41, 5.74) is 3.03. The second-order valence-electron chi connectivity index (χ2n) is 10.0. The van der Waals surface area contributed by atoms with Gasteiger partial charge in [-0.2, -0.15) is 0 Å². The zero-order valence-electron chi connectivity index (χ0n) is 24.9. The van der Waals surface area contributed by atoms with Crippen LogP contribution in [-0.4, -0.2) is 49.5 Å². The van der Waals surface area contributed by atoms with Crippen LogP contribution in [0.5, 0.6) is 11.5 Å². The fourth-order valence-corrected chi connectivity index (χ4v) is 4.39. The number of carbonyl (C=O) groups excluding carboxylic acids is 2. The Morgan fingerprint density at radius 3 is 2.31 bits per heavy atom. The van der Waals surface area contributed by atoms with E-state index in [4.69, 9.17) is 14.2 Å². The van der Waals surface area contributed by atoms with E-state index in [1.165, 1.54) is 0 Å². The molecule has 0 spiro atoms. The van der Waals surface area contributed by atoms with E-state index in [1.807, 2.05) is 62.4 Å². The van der Waals surface area contributed by atoms with Crippen molar-refractivity contribution in [3.8, 4) is 11.5 Å². The maximum absolute atomic E-state index is 13.4. The summed E-state index contributed by atoms with van der Waals surface area (Å²) in [6.07, 6.45) is 2.27. The van der Waals surface area contributed by atoms with Gasteiger partial charge in [0.1, 0.15) is 17.6 Å². The third kappa shape index (κ3) is 10.2. The summed E-state index contributed by atoms with van der Waals surface area (Å²) < 4.78 is 17.5. The Balaban J connectivity index is 1.73. The molecule has 0 bridgehead atoms. The molecule has 0 unspecified atom stereocenters. The van der Waals surface area contributed by atoms with Gasteiger partial charge in [-0.3, -0.25) is 9.59 Å². The van der Waals surface area contributed by atoms with Gasteiger partial charge in [-0.15, -0.1) is 0 Å². The van der Waals surface area contributed by atoms with E-state index >= 15 is 0 Å². The van der Waals surface area contributed by atoms with Gasteiger partial charge in [-0.05, 0) is 61.2 Å². The van der Waals surface area contributed by atoms with Crippen LogP contribution in [0, 0.1) is 0 Å². The first-order valence-corrected chi connectivity index (χ1v) is 14.8. The molecule has 2 atom stereocenters. The quantitative estimate of drug-likeness (QED) is 0.176. The lowest BCUT2D eigenvalue weighted by Gasteiger charge is -2.23. The van der Waals surface area contributed by atoms with Crippen LogP contribution in [0.2, 0.25) is 0 Å². The average molecular weight is 577 g/mol. The number of benzene rings is 3. The standard InChI is InChI=1S/C34H44N2O6/c1-4-7-20-42-32(34(39)36-30(24-37)26-11-9-8-10-12-26)22-25-13-18-31(40-6-3)28(21-25)23-35-33(38)27-14-16-29(17-15-27)41-19-5-2/h8-18,21,30,32,37H,4-7,19-20,22-24H2,1-3H3,(H,35,38)(H,36,39)/t30-,32+/m0/s1. The topological polar surface area (TPSA) is 106 Å². The summed E-state index contributed by atoms with van der Waals surface area (Å²) in [5, 5.41) is 15.9. The molecule has 0 saturated heterocycles. The maximum atomic E-state index is 13.4. The summed E-state index contributed by atoms with van der Waals surface area (Å²) in [7, 11) is 0. The minimum atomic E-state index is -0.747. The van der Waals surface area contributed by atoms with Crippen LogP contribution in [0.25, 0.3) is 0 Å². The smallest absolute Gasteiger partial charge is 0.251 e. The number of aliphatic hydroxyl groups excluding tert-OH is 1. The van der Waals surface area contributed by atoms with Crippen molar-refractivity contribution in [1.29, 1.82) is 0 Å². The number of amides is 2. The van der Waals surface area contributed by atoms with E-state index in [0.29, 0.717) is 37.6 Å². The molecule has 8 nitrogen and oxygen atoms in total. The molecule has 3 aromatic rings. The molecule has 8 heteroatoms. The summed E-state index contributed by atoms with van der Waals surface area (Å²) in [5.74, 6) is 0.904. The van der Waals surface area contributed by atoms with Gasteiger partial charge in [-0.25, -0.2) is 0 Å². The van der Waals surface area contributed by atoms with Crippen molar-refractivity contribution in [3.63, 3.8) is 0 Å². The third-order valence-corrected chi connectivity index (χ3v) is 6.68. The Bertz CT molecular complexity index is 1230. The normalized spacial score (nSPS) is 12.3. The molecule has 226 valence electrons. The second-order valence-corrected chi connectivity index (χ2v) is 10.0. The molecule has 0 fully saturated rings. The summed E-state index contributed by atoms with van der Waals surface area (Å²) in [4.78, 5) is 26.2. The van der Waals surface area contributed by atoms with Crippen LogP contribution in [-0.2, 0) is 22.5 Å². The Kier molecular flexibility index (Phi) is 13.9. The van der Waals surface area contributed by atoms with Gasteiger partial charge in [0.2, 0.25) is 5.91 Å². The molecular formula is C34H44N2O6. The first-order valence-electron chi connectivity index (χ1n) is 14.8. The van der Waals surface area contributed by atoms with Crippen molar-refractivity contribution in [2.24, 2.45) is 0 Å². The van der Waals surface area contributed by atoms with Gasteiger partial charge in [0, 0.05) is 30.7 Å².